The molecular weight excluding hydrogens is 556 g/mol. The predicted octanol–water partition coefficient (Wildman–Crippen LogP) is 13.8. The zero-order valence-electron chi connectivity index (χ0n) is 31.6. The molecule has 0 fully saturated rings. The lowest BCUT2D eigenvalue weighted by molar-refractivity contribution is -0.171. The van der Waals surface area contributed by atoms with Gasteiger partial charge in [0.1, 0.15) is 17.6 Å². The maximum absolute atomic E-state index is 13.1. The second-order valence-electron chi connectivity index (χ2n) is 14.8. The molecule has 0 N–H and O–H groups in total. The van der Waals surface area contributed by atoms with Crippen LogP contribution in [-0.4, -0.2) is 23.1 Å². The van der Waals surface area contributed by atoms with E-state index in [0.717, 1.165) is 77.0 Å². The first-order chi connectivity index (χ1) is 21.7. The number of carbonyl (C=O) groups excluding carboxylic acids is 2. The quantitative estimate of drug-likeness (QED) is 0.0400. The lowest BCUT2D eigenvalue weighted by atomic mass is 9.91. The highest BCUT2D eigenvalue weighted by atomic mass is 16.6. The first-order valence-electron chi connectivity index (χ1n) is 20.2. The Labute approximate surface area is 282 Å². The molecule has 0 saturated heterocycles. The van der Waals surface area contributed by atoms with Crippen LogP contribution >= 0.6 is 0 Å². The Hall–Kier alpha value is -1.06. The van der Waals surface area contributed by atoms with Crippen molar-refractivity contribution in [2.75, 3.05) is 0 Å². The number of hydrogen-bond acceptors (Lipinski definition) is 4. The van der Waals surface area contributed by atoms with Gasteiger partial charge in [-0.15, -0.1) is 0 Å². The maximum Gasteiger partial charge on any atom is 0.317 e. The van der Waals surface area contributed by atoms with Gasteiger partial charge in [0, 0.05) is 0 Å². The van der Waals surface area contributed by atoms with Crippen molar-refractivity contribution in [3.05, 3.63) is 0 Å². The van der Waals surface area contributed by atoms with E-state index < -0.39 is 23.1 Å². The maximum atomic E-state index is 13.1. The van der Waals surface area contributed by atoms with Crippen molar-refractivity contribution in [1.82, 2.24) is 0 Å². The van der Waals surface area contributed by atoms with E-state index in [1.807, 2.05) is 0 Å². The topological polar surface area (TPSA) is 52.6 Å². The first kappa shape index (κ1) is 43.9. The van der Waals surface area contributed by atoms with Crippen LogP contribution in [0.1, 0.15) is 241 Å². The third kappa shape index (κ3) is 27.7. The zero-order valence-corrected chi connectivity index (χ0v) is 31.6. The third-order valence-corrected chi connectivity index (χ3v) is 9.75. The summed E-state index contributed by atoms with van der Waals surface area (Å²) in [7, 11) is 0. The molecule has 2 atom stereocenters. The highest BCUT2D eigenvalue weighted by molar-refractivity contribution is 5.91. The minimum absolute atomic E-state index is 0.275. The van der Waals surface area contributed by atoms with Gasteiger partial charge in [-0.2, -0.15) is 0 Å². The smallest absolute Gasteiger partial charge is 0.317 e. The number of hydrogen-bond donors (Lipinski definition) is 0. The molecule has 0 aromatic rings. The number of unbranched alkanes of at least 4 members (excludes halogenated alkanes) is 22. The van der Waals surface area contributed by atoms with Gasteiger partial charge < -0.3 is 9.47 Å². The summed E-state index contributed by atoms with van der Waals surface area (Å²) in [5.74, 6) is -0.832. The van der Waals surface area contributed by atoms with E-state index in [9.17, 15) is 9.59 Å². The standard InChI is InChI=1S/C41H80O4/c1-7-11-15-17-19-21-23-25-27-31-35-40(5,33-29-13-9-3)44-38(42)37-39(43)45-41(6,34-30-14-10-4)36-32-28-26-24-22-20-18-16-12-8-2/h7-37H2,1-6H3. The fourth-order valence-corrected chi connectivity index (χ4v) is 6.66. The van der Waals surface area contributed by atoms with E-state index in [2.05, 4.69) is 41.5 Å². The highest BCUT2D eigenvalue weighted by Crippen LogP contribution is 2.30. The molecule has 45 heavy (non-hydrogen) atoms. The second-order valence-corrected chi connectivity index (χ2v) is 14.8. The van der Waals surface area contributed by atoms with E-state index in [1.165, 1.54) is 116 Å². The van der Waals surface area contributed by atoms with Crippen LogP contribution in [0.4, 0.5) is 0 Å². The molecule has 268 valence electrons. The van der Waals surface area contributed by atoms with E-state index in [1.54, 1.807) is 0 Å². The van der Waals surface area contributed by atoms with Gasteiger partial charge in [-0.1, -0.05) is 169 Å². The van der Waals surface area contributed by atoms with E-state index in [-0.39, 0.29) is 6.42 Å². The molecule has 0 rings (SSSR count). The van der Waals surface area contributed by atoms with Crippen LogP contribution in [-0.2, 0) is 19.1 Å². The number of esters is 2. The molecule has 0 amide bonds. The lowest BCUT2D eigenvalue weighted by Crippen LogP contribution is -2.35. The van der Waals surface area contributed by atoms with Crippen molar-refractivity contribution in [2.45, 2.75) is 252 Å². The van der Waals surface area contributed by atoms with Crippen LogP contribution in [0.2, 0.25) is 0 Å². The number of ether oxygens (including phenoxy) is 2. The molecule has 0 bridgehead atoms. The molecule has 2 unspecified atom stereocenters. The van der Waals surface area contributed by atoms with Gasteiger partial charge in [-0.05, 0) is 65.2 Å². The summed E-state index contributed by atoms with van der Waals surface area (Å²) < 4.78 is 12.2. The Morgan fingerprint density at radius 3 is 0.822 bits per heavy atom. The molecule has 0 aromatic carbocycles. The van der Waals surface area contributed by atoms with Crippen molar-refractivity contribution in [2.24, 2.45) is 0 Å². The van der Waals surface area contributed by atoms with Gasteiger partial charge in [0.2, 0.25) is 0 Å². The average Bonchev–Trinajstić information content (AvgIpc) is 2.99. The van der Waals surface area contributed by atoms with Crippen LogP contribution in [0.25, 0.3) is 0 Å². The lowest BCUT2D eigenvalue weighted by Gasteiger charge is -2.31. The Bertz CT molecular complexity index is 620. The zero-order chi connectivity index (χ0) is 33.5. The summed E-state index contributed by atoms with van der Waals surface area (Å²) in [4.78, 5) is 26.1. The molecule has 0 radical (unpaired) electrons. The normalized spacial score (nSPS) is 14.2. The monoisotopic (exact) mass is 637 g/mol. The Kier molecular flexibility index (Phi) is 29.6. The van der Waals surface area contributed by atoms with Crippen LogP contribution in [0.5, 0.6) is 0 Å². The van der Waals surface area contributed by atoms with Crippen LogP contribution in [0.15, 0.2) is 0 Å². The summed E-state index contributed by atoms with van der Waals surface area (Å²) in [6.45, 7) is 13.1. The molecule has 4 heteroatoms. The van der Waals surface area contributed by atoms with Crippen LogP contribution in [0.3, 0.4) is 0 Å². The van der Waals surface area contributed by atoms with Gasteiger partial charge >= 0.3 is 11.9 Å². The minimum atomic E-state index is -0.493. The summed E-state index contributed by atoms with van der Waals surface area (Å²) in [5.41, 5.74) is -0.986. The van der Waals surface area contributed by atoms with Gasteiger partial charge in [0.05, 0.1) is 0 Å². The van der Waals surface area contributed by atoms with Gasteiger partial charge in [0.25, 0.3) is 0 Å². The summed E-state index contributed by atoms with van der Waals surface area (Å²) in [6.07, 6.45) is 35.8. The molecule has 4 nitrogen and oxygen atoms in total. The van der Waals surface area contributed by atoms with Crippen molar-refractivity contribution < 1.29 is 19.1 Å². The summed E-state index contributed by atoms with van der Waals surface area (Å²) >= 11 is 0. The minimum Gasteiger partial charge on any atom is -0.459 e. The number of rotatable bonds is 34. The van der Waals surface area contributed by atoms with Crippen molar-refractivity contribution >= 4 is 11.9 Å². The van der Waals surface area contributed by atoms with Gasteiger partial charge in [0.15, 0.2) is 0 Å². The van der Waals surface area contributed by atoms with Crippen molar-refractivity contribution in [3.63, 3.8) is 0 Å². The first-order valence-corrected chi connectivity index (χ1v) is 20.2. The third-order valence-electron chi connectivity index (χ3n) is 9.75. The van der Waals surface area contributed by atoms with E-state index in [0.29, 0.717) is 0 Å². The Morgan fingerprint density at radius 2 is 0.556 bits per heavy atom. The van der Waals surface area contributed by atoms with E-state index in [4.69, 9.17) is 9.47 Å². The summed E-state index contributed by atoms with van der Waals surface area (Å²) in [5, 5.41) is 0. The molecule has 0 aliphatic carbocycles. The molecule has 0 saturated carbocycles. The second kappa shape index (κ2) is 30.3. The van der Waals surface area contributed by atoms with Gasteiger partial charge in [-0.3, -0.25) is 9.59 Å². The summed E-state index contributed by atoms with van der Waals surface area (Å²) in [6, 6.07) is 0. The molecule has 0 spiro atoms. The van der Waals surface area contributed by atoms with Crippen LogP contribution < -0.4 is 0 Å². The highest BCUT2D eigenvalue weighted by Gasteiger charge is 2.32. The number of carbonyl (C=O) groups is 2. The van der Waals surface area contributed by atoms with Crippen molar-refractivity contribution in [3.8, 4) is 0 Å². The molecule has 0 aliphatic rings. The molecular formula is C41H80O4. The molecule has 0 heterocycles. The Balaban J connectivity index is 4.70. The van der Waals surface area contributed by atoms with E-state index >= 15 is 0 Å². The average molecular weight is 637 g/mol. The fourth-order valence-electron chi connectivity index (χ4n) is 6.66. The van der Waals surface area contributed by atoms with Gasteiger partial charge in [-0.25, -0.2) is 0 Å². The largest absolute Gasteiger partial charge is 0.459 e. The predicted molar refractivity (Wildman–Crippen MR) is 195 cm³/mol. The fraction of sp³-hybridized carbons (Fsp3) is 0.951. The van der Waals surface area contributed by atoms with Crippen LogP contribution in [0, 0.1) is 0 Å². The molecule has 0 aromatic heterocycles. The SMILES string of the molecule is CCCCCCCCCCCCC(C)(CCCCC)OC(=O)CC(=O)OC(C)(CCCCC)CCCCCCCCCCCC. The van der Waals surface area contributed by atoms with Crippen molar-refractivity contribution in [1.29, 1.82) is 0 Å². The Morgan fingerprint density at radius 1 is 0.356 bits per heavy atom. The molecule has 0 aliphatic heterocycles.